The van der Waals surface area contributed by atoms with Gasteiger partial charge in [-0.05, 0) is 29.8 Å². The Morgan fingerprint density at radius 1 is 1.13 bits per heavy atom. The van der Waals surface area contributed by atoms with Gasteiger partial charge < -0.3 is 4.74 Å². The Hall–Kier alpha value is -2.02. The molecule has 0 amide bonds. The van der Waals surface area contributed by atoms with Crippen molar-refractivity contribution in [3.8, 4) is 5.75 Å². The first-order chi connectivity index (χ1) is 10.9. The molecule has 0 bridgehead atoms. The maximum atomic E-state index is 13.2. The minimum atomic E-state index is -4.51. The average Bonchev–Trinajstić information content (AvgIpc) is 2.88. The van der Waals surface area contributed by atoms with E-state index in [0.717, 1.165) is 5.56 Å². The molecule has 0 aliphatic rings. The lowest BCUT2D eigenvalue weighted by Gasteiger charge is -2.05. The van der Waals surface area contributed by atoms with Crippen LogP contribution >= 0.6 is 15.9 Å². The third kappa shape index (κ3) is 3.06. The zero-order chi connectivity index (χ0) is 16.6. The van der Waals surface area contributed by atoms with Crippen LogP contribution in [0.4, 0.5) is 13.2 Å². The van der Waals surface area contributed by atoms with Crippen molar-refractivity contribution in [2.24, 2.45) is 0 Å². The first kappa shape index (κ1) is 15.9. The largest absolute Gasteiger partial charge is 0.497 e. The normalized spacial score (nSPS) is 11.9. The Bertz CT molecular complexity index is 841. The predicted molar refractivity (Wildman–Crippen MR) is 84.5 cm³/mol. The van der Waals surface area contributed by atoms with Crippen LogP contribution in [0.2, 0.25) is 0 Å². The number of hydrogen-bond acceptors (Lipinski definition) is 2. The Labute approximate surface area is 138 Å². The molecule has 0 unspecified atom stereocenters. The van der Waals surface area contributed by atoms with Gasteiger partial charge in [-0.15, -0.1) is 0 Å². The van der Waals surface area contributed by atoms with E-state index in [9.17, 15) is 13.2 Å². The molecule has 0 atom stereocenters. The van der Waals surface area contributed by atoms with Gasteiger partial charge in [0.25, 0.3) is 0 Å². The quantitative estimate of drug-likeness (QED) is 0.643. The molecule has 0 aliphatic carbocycles. The number of ether oxygens (including phenoxy) is 1. The molecule has 0 saturated heterocycles. The lowest BCUT2D eigenvalue weighted by atomic mass is 10.2. The molecule has 0 fully saturated rings. The predicted octanol–water partition coefficient (Wildman–Crippen LogP) is 4.87. The van der Waals surface area contributed by atoms with Crippen LogP contribution in [0.3, 0.4) is 0 Å². The Balaban J connectivity index is 2.08. The highest BCUT2D eigenvalue weighted by Gasteiger charge is 2.37. The summed E-state index contributed by atoms with van der Waals surface area (Å²) in [6.07, 6.45) is -4.51. The van der Waals surface area contributed by atoms with Gasteiger partial charge in [-0.25, -0.2) is 0 Å². The summed E-state index contributed by atoms with van der Waals surface area (Å²) in [6.45, 7) is 0.243. The van der Waals surface area contributed by atoms with E-state index in [1.165, 1.54) is 4.68 Å². The summed E-state index contributed by atoms with van der Waals surface area (Å²) in [7, 11) is 1.56. The van der Waals surface area contributed by atoms with E-state index in [2.05, 4.69) is 21.0 Å². The van der Waals surface area contributed by atoms with Gasteiger partial charge in [0.15, 0.2) is 5.69 Å². The van der Waals surface area contributed by atoms with E-state index in [-0.39, 0.29) is 11.9 Å². The summed E-state index contributed by atoms with van der Waals surface area (Å²) in [4.78, 5) is 0. The van der Waals surface area contributed by atoms with Crippen molar-refractivity contribution in [1.29, 1.82) is 0 Å². The van der Waals surface area contributed by atoms with Crippen LogP contribution in [0.25, 0.3) is 10.9 Å². The lowest BCUT2D eigenvalue weighted by molar-refractivity contribution is -0.140. The van der Waals surface area contributed by atoms with Crippen LogP contribution in [0.5, 0.6) is 5.75 Å². The molecule has 0 N–H and O–H groups in total. The molecule has 3 nitrogen and oxygen atoms in total. The summed E-state index contributed by atoms with van der Waals surface area (Å²) in [6, 6.07) is 12.0. The molecule has 2 aromatic carbocycles. The van der Waals surface area contributed by atoms with E-state index >= 15 is 0 Å². The maximum Gasteiger partial charge on any atom is 0.435 e. The number of alkyl halides is 3. The van der Waals surface area contributed by atoms with Gasteiger partial charge in [-0.1, -0.05) is 34.1 Å². The molecule has 3 rings (SSSR count). The Morgan fingerprint density at radius 3 is 2.43 bits per heavy atom. The van der Waals surface area contributed by atoms with E-state index in [1.807, 2.05) is 0 Å². The highest BCUT2D eigenvalue weighted by atomic mass is 79.9. The van der Waals surface area contributed by atoms with Crippen LogP contribution < -0.4 is 4.74 Å². The molecule has 0 spiro atoms. The number of nitrogens with zero attached hydrogens (tertiary/aromatic N) is 2. The zero-order valence-corrected chi connectivity index (χ0v) is 13.6. The van der Waals surface area contributed by atoms with Gasteiger partial charge in [-0.2, -0.15) is 18.3 Å². The number of benzene rings is 2. The van der Waals surface area contributed by atoms with Gasteiger partial charge in [-0.3, -0.25) is 4.68 Å². The molecule has 23 heavy (non-hydrogen) atoms. The molecular weight excluding hydrogens is 373 g/mol. The number of hydrogen-bond donors (Lipinski definition) is 0. The summed E-state index contributed by atoms with van der Waals surface area (Å²) in [5.74, 6) is 0.692. The third-order valence-corrected chi connectivity index (χ3v) is 4.15. The van der Waals surface area contributed by atoms with Crippen molar-refractivity contribution in [2.75, 3.05) is 7.11 Å². The van der Waals surface area contributed by atoms with Crippen molar-refractivity contribution >= 4 is 26.8 Å². The van der Waals surface area contributed by atoms with Gasteiger partial charge in [0, 0.05) is 9.86 Å². The molecule has 7 heteroatoms. The smallest absolute Gasteiger partial charge is 0.435 e. The van der Waals surface area contributed by atoms with Crippen LogP contribution in [0.15, 0.2) is 46.9 Å². The van der Waals surface area contributed by atoms with Gasteiger partial charge in [0.1, 0.15) is 5.75 Å². The molecular formula is C16H12BrF3N2O. The fraction of sp³-hybridized carbons (Fsp3) is 0.188. The molecule has 0 aliphatic heterocycles. The average molecular weight is 385 g/mol. The SMILES string of the molecule is COc1ccc(Cn2nc(C(F)(F)F)c3c(Br)cccc32)cc1. The first-order valence-electron chi connectivity index (χ1n) is 6.75. The number of methoxy groups -OCH3 is 1. The van der Waals surface area contributed by atoms with Gasteiger partial charge in [0.05, 0.1) is 19.2 Å². The number of aromatic nitrogens is 2. The molecule has 3 aromatic rings. The fourth-order valence-corrected chi connectivity index (χ4v) is 2.95. The first-order valence-corrected chi connectivity index (χ1v) is 7.54. The highest BCUT2D eigenvalue weighted by molar-refractivity contribution is 9.10. The summed E-state index contributed by atoms with van der Waals surface area (Å²) < 4.78 is 46.5. The second-order valence-electron chi connectivity index (χ2n) is 4.99. The number of halogens is 4. The van der Waals surface area contributed by atoms with E-state index < -0.39 is 11.9 Å². The topological polar surface area (TPSA) is 27.1 Å². The summed E-state index contributed by atoms with van der Waals surface area (Å²) >= 11 is 3.19. The lowest BCUT2D eigenvalue weighted by Crippen LogP contribution is -2.09. The standard InChI is InChI=1S/C16H12BrF3N2O/c1-23-11-7-5-10(6-8-11)9-22-13-4-2-3-12(17)14(13)15(21-22)16(18,19)20/h2-8H,9H2,1H3. The number of rotatable bonds is 3. The van der Waals surface area contributed by atoms with Crippen LogP contribution in [0.1, 0.15) is 11.3 Å². The van der Waals surface area contributed by atoms with Crippen LogP contribution in [-0.4, -0.2) is 16.9 Å². The van der Waals surface area contributed by atoms with Crippen molar-refractivity contribution in [3.05, 3.63) is 58.2 Å². The molecule has 0 saturated carbocycles. The second-order valence-corrected chi connectivity index (χ2v) is 5.84. The van der Waals surface area contributed by atoms with E-state index in [1.54, 1.807) is 49.6 Å². The monoisotopic (exact) mass is 384 g/mol. The van der Waals surface area contributed by atoms with Crippen LogP contribution in [0, 0.1) is 0 Å². The number of fused-ring (bicyclic) bond motifs is 1. The minimum Gasteiger partial charge on any atom is -0.497 e. The Kier molecular flexibility index (Phi) is 4.06. The van der Waals surface area contributed by atoms with Crippen molar-refractivity contribution < 1.29 is 17.9 Å². The van der Waals surface area contributed by atoms with E-state index in [0.29, 0.717) is 15.7 Å². The summed E-state index contributed by atoms with van der Waals surface area (Å²) in [5, 5.41) is 3.87. The minimum absolute atomic E-state index is 0.0773. The van der Waals surface area contributed by atoms with E-state index in [4.69, 9.17) is 4.74 Å². The highest BCUT2D eigenvalue weighted by Crippen LogP contribution is 2.37. The molecule has 0 radical (unpaired) electrons. The molecule has 1 aromatic heterocycles. The molecule has 1 heterocycles. The fourth-order valence-electron chi connectivity index (χ4n) is 2.41. The van der Waals surface area contributed by atoms with Gasteiger partial charge >= 0.3 is 6.18 Å². The van der Waals surface area contributed by atoms with Crippen molar-refractivity contribution in [1.82, 2.24) is 9.78 Å². The van der Waals surface area contributed by atoms with Crippen molar-refractivity contribution in [3.63, 3.8) is 0 Å². The maximum absolute atomic E-state index is 13.2. The second kappa shape index (κ2) is 5.88. The van der Waals surface area contributed by atoms with Gasteiger partial charge in [0.2, 0.25) is 0 Å². The third-order valence-electron chi connectivity index (χ3n) is 3.49. The summed E-state index contributed by atoms with van der Waals surface area (Å²) in [5.41, 5.74) is 0.389. The molecule has 120 valence electrons. The Morgan fingerprint density at radius 2 is 1.83 bits per heavy atom. The zero-order valence-electron chi connectivity index (χ0n) is 12.1. The van der Waals surface area contributed by atoms with Crippen LogP contribution in [-0.2, 0) is 12.7 Å². The van der Waals surface area contributed by atoms with Crippen molar-refractivity contribution in [2.45, 2.75) is 12.7 Å².